The number of methoxy groups -OCH3 is 1. The molecule has 1 unspecified atom stereocenters. The van der Waals surface area contributed by atoms with Crippen LogP contribution in [0.5, 0.6) is 5.75 Å². The SMILES string of the molecule is COc1ccc(N2CCN(CCC3CCc4ccccc43)CC2)cc1. The Labute approximate surface area is 151 Å². The normalized spacial score (nSPS) is 20.5. The van der Waals surface area contributed by atoms with Gasteiger partial charge in [0.2, 0.25) is 0 Å². The summed E-state index contributed by atoms with van der Waals surface area (Å²) < 4.78 is 5.25. The molecule has 1 saturated heterocycles. The second-order valence-electron chi connectivity index (χ2n) is 7.25. The van der Waals surface area contributed by atoms with Gasteiger partial charge in [-0.25, -0.2) is 0 Å². The molecule has 0 aromatic heterocycles. The summed E-state index contributed by atoms with van der Waals surface area (Å²) in [6.45, 7) is 5.80. The van der Waals surface area contributed by atoms with Crippen molar-refractivity contribution in [2.45, 2.75) is 25.2 Å². The number of ether oxygens (including phenoxy) is 1. The first-order valence-electron chi connectivity index (χ1n) is 9.52. The molecule has 3 heteroatoms. The van der Waals surface area contributed by atoms with E-state index in [4.69, 9.17) is 4.74 Å². The first kappa shape index (κ1) is 16.5. The lowest BCUT2D eigenvalue weighted by Gasteiger charge is -2.36. The van der Waals surface area contributed by atoms with E-state index in [1.54, 1.807) is 18.2 Å². The fraction of sp³-hybridized carbons (Fsp3) is 0.455. The smallest absolute Gasteiger partial charge is 0.119 e. The predicted molar refractivity (Wildman–Crippen MR) is 104 cm³/mol. The summed E-state index contributed by atoms with van der Waals surface area (Å²) in [6.07, 6.45) is 3.91. The van der Waals surface area contributed by atoms with Gasteiger partial charge in [0.05, 0.1) is 7.11 Å². The van der Waals surface area contributed by atoms with Gasteiger partial charge in [-0.05, 0) is 67.1 Å². The highest BCUT2D eigenvalue weighted by atomic mass is 16.5. The molecule has 1 atom stereocenters. The maximum absolute atomic E-state index is 5.25. The van der Waals surface area contributed by atoms with E-state index >= 15 is 0 Å². The molecule has 0 amide bonds. The Bertz CT molecular complexity index is 689. The van der Waals surface area contributed by atoms with Gasteiger partial charge in [-0.1, -0.05) is 24.3 Å². The zero-order valence-electron chi connectivity index (χ0n) is 15.2. The average Bonchev–Trinajstić information content (AvgIpc) is 3.10. The largest absolute Gasteiger partial charge is 0.497 e. The number of hydrogen-bond donors (Lipinski definition) is 0. The van der Waals surface area contributed by atoms with Crippen molar-refractivity contribution in [3.8, 4) is 5.75 Å². The van der Waals surface area contributed by atoms with Gasteiger partial charge < -0.3 is 9.64 Å². The van der Waals surface area contributed by atoms with E-state index in [0.717, 1.165) is 24.8 Å². The Morgan fingerprint density at radius 3 is 2.48 bits per heavy atom. The Balaban J connectivity index is 1.26. The quantitative estimate of drug-likeness (QED) is 0.822. The van der Waals surface area contributed by atoms with Crippen LogP contribution in [0, 0.1) is 0 Å². The van der Waals surface area contributed by atoms with E-state index in [1.165, 1.54) is 44.6 Å². The molecule has 1 heterocycles. The van der Waals surface area contributed by atoms with E-state index < -0.39 is 0 Å². The van der Waals surface area contributed by atoms with Crippen LogP contribution in [0.1, 0.15) is 29.9 Å². The Kier molecular flexibility index (Phi) is 4.93. The van der Waals surface area contributed by atoms with Crippen molar-refractivity contribution >= 4 is 5.69 Å². The number of benzene rings is 2. The molecule has 1 aliphatic heterocycles. The van der Waals surface area contributed by atoms with Crippen LogP contribution in [-0.2, 0) is 6.42 Å². The van der Waals surface area contributed by atoms with Gasteiger partial charge >= 0.3 is 0 Å². The number of fused-ring (bicyclic) bond motifs is 1. The third-order valence-corrected chi connectivity index (χ3v) is 5.86. The van der Waals surface area contributed by atoms with Crippen LogP contribution in [0.2, 0.25) is 0 Å². The van der Waals surface area contributed by atoms with Crippen molar-refractivity contribution < 1.29 is 4.74 Å². The van der Waals surface area contributed by atoms with Crippen LogP contribution in [0.15, 0.2) is 48.5 Å². The third-order valence-electron chi connectivity index (χ3n) is 5.86. The molecular weight excluding hydrogens is 308 g/mol. The molecule has 0 spiro atoms. The molecule has 0 saturated carbocycles. The minimum atomic E-state index is 0.774. The number of nitrogens with zero attached hydrogens (tertiary/aromatic N) is 2. The van der Waals surface area contributed by atoms with Crippen molar-refractivity contribution in [2.24, 2.45) is 0 Å². The summed E-state index contributed by atoms with van der Waals surface area (Å²) in [6, 6.07) is 17.5. The van der Waals surface area contributed by atoms with Gasteiger partial charge in [0.15, 0.2) is 0 Å². The molecule has 0 radical (unpaired) electrons. The molecule has 0 bridgehead atoms. The van der Waals surface area contributed by atoms with Crippen LogP contribution < -0.4 is 9.64 Å². The molecule has 2 aliphatic rings. The average molecular weight is 336 g/mol. The van der Waals surface area contributed by atoms with E-state index in [0.29, 0.717) is 0 Å². The van der Waals surface area contributed by atoms with Crippen LogP contribution in [0.25, 0.3) is 0 Å². The summed E-state index contributed by atoms with van der Waals surface area (Å²) in [5, 5.41) is 0. The second kappa shape index (κ2) is 7.49. The maximum Gasteiger partial charge on any atom is 0.119 e. The van der Waals surface area contributed by atoms with Crippen molar-refractivity contribution in [2.75, 3.05) is 44.7 Å². The molecule has 25 heavy (non-hydrogen) atoms. The Morgan fingerprint density at radius 2 is 1.72 bits per heavy atom. The molecular formula is C22H28N2O. The minimum Gasteiger partial charge on any atom is -0.497 e. The monoisotopic (exact) mass is 336 g/mol. The van der Waals surface area contributed by atoms with E-state index in [9.17, 15) is 0 Å². The number of aryl methyl sites for hydroxylation is 1. The highest BCUT2D eigenvalue weighted by Crippen LogP contribution is 2.35. The van der Waals surface area contributed by atoms with Crippen molar-refractivity contribution in [1.29, 1.82) is 0 Å². The standard InChI is InChI=1S/C22H28N2O/c1-25-21-10-8-20(9-11-21)24-16-14-23(15-17-24)13-12-19-7-6-18-4-2-3-5-22(18)19/h2-5,8-11,19H,6-7,12-17H2,1H3. The van der Waals surface area contributed by atoms with Gasteiger partial charge in [0.1, 0.15) is 5.75 Å². The van der Waals surface area contributed by atoms with Crippen molar-refractivity contribution in [1.82, 2.24) is 4.90 Å². The topological polar surface area (TPSA) is 15.7 Å². The third kappa shape index (κ3) is 3.67. The zero-order chi connectivity index (χ0) is 17.1. The first-order valence-corrected chi connectivity index (χ1v) is 9.52. The molecule has 2 aromatic rings. The lowest BCUT2D eigenvalue weighted by Crippen LogP contribution is -2.46. The fourth-order valence-corrected chi connectivity index (χ4v) is 4.31. The summed E-state index contributed by atoms with van der Waals surface area (Å²) >= 11 is 0. The number of hydrogen-bond acceptors (Lipinski definition) is 3. The van der Waals surface area contributed by atoms with Gasteiger partial charge in [-0.3, -0.25) is 4.90 Å². The number of rotatable bonds is 5. The molecule has 3 nitrogen and oxygen atoms in total. The Hall–Kier alpha value is -2.00. The van der Waals surface area contributed by atoms with E-state index in [2.05, 4.69) is 58.3 Å². The number of anilines is 1. The van der Waals surface area contributed by atoms with Crippen LogP contribution in [0.4, 0.5) is 5.69 Å². The highest BCUT2D eigenvalue weighted by Gasteiger charge is 2.23. The zero-order valence-corrected chi connectivity index (χ0v) is 15.2. The van der Waals surface area contributed by atoms with Crippen LogP contribution in [-0.4, -0.2) is 44.7 Å². The molecule has 1 fully saturated rings. The Morgan fingerprint density at radius 1 is 0.960 bits per heavy atom. The summed E-state index contributed by atoms with van der Waals surface area (Å²) in [4.78, 5) is 5.13. The number of piperazine rings is 1. The van der Waals surface area contributed by atoms with Crippen molar-refractivity contribution in [3.05, 3.63) is 59.7 Å². The summed E-state index contributed by atoms with van der Waals surface area (Å²) in [5.74, 6) is 1.70. The van der Waals surface area contributed by atoms with Gasteiger partial charge in [-0.2, -0.15) is 0 Å². The van der Waals surface area contributed by atoms with Gasteiger partial charge in [-0.15, -0.1) is 0 Å². The van der Waals surface area contributed by atoms with Crippen molar-refractivity contribution in [3.63, 3.8) is 0 Å². The summed E-state index contributed by atoms with van der Waals surface area (Å²) in [7, 11) is 1.72. The molecule has 2 aromatic carbocycles. The highest BCUT2D eigenvalue weighted by molar-refractivity contribution is 5.49. The minimum absolute atomic E-state index is 0.774. The van der Waals surface area contributed by atoms with Crippen LogP contribution >= 0.6 is 0 Å². The lowest BCUT2D eigenvalue weighted by molar-refractivity contribution is 0.248. The maximum atomic E-state index is 5.25. The lowest BCUT2D eigenvalue weighted by atomic mass is 9.97. The van der Waals surface area contributed by atoms with Gasteiger partial charge in [0.25, 0.3) is 0 Å². The van der Waals surface area contributed by atoms with Gasteiger partial charge in [0, 0.05) is 31.9 Å². The predicted octanol–water partition coefficient (Wildman–Crippen LogP) is 3.94. The molecule has 1 aliphatic carbocycles. The van der Waals surface area contributed by atoms with E-state index in [-0.39, 0.29) is 0 Å². The molecule has 4 rings (SSSR count). The van der Waals surface area contributed by atoms with E-state index in [1.807, 2.05) is 0 Å². The molecule has 0 N–H and O–H groups in total. The summed E-state index contributed by atoms with van der Waals surface area (Å²) in [5.41, 5.74) is 4.50. The van der Waals surface area contributed by atoms with Crippen LogP contribution in [0.3, 0.4) is 0 Å². The second-order valence-corrected chi connectivity index (χ2v) is 7.25. The fourth-order valence-electron chi connectivity index (χ4n) is 4.31. The first-order chi connectivity index (χ1) is 12.3. The molecule has 132 valence electrons.